The highest BCUT2D eigenvalue weighted by Gasteiger charge is 2.29. The summed E-state index contributed by atoms with van der Waals surface area (Å²) in [5.41, 5.74) is 6.01. The number of nitrogens with zero attached hydrogens (tertiary/aromatic N) is 1. The van der Waals surface area contributed by atoms with Crippen LogP contribution in [0, 0.1) is 0 Å². The summed E-state index contributed by atoms with van der Waals surface area (Å²) in [5, 5.41) is 0. The Hall–Kier alpha value is -1.30. The van der Waals surface area contributed by atoms with Gasteiger partial charge in [0.25, 0.3) is 0 Å². The molecule has 3 nitrogen and oxygen atoms in total. The lowest BCUT2D eigenvalue weighted by Crippen LogP contribution is -2.21. The van der Waals surface area contributed by atoms with Crippen LogP contribution in [0.4, 0.5) is 13.2 Å². The maximum absolute atomic E-state index is 11.9. The van der Waals surface area contributed by atoms with Gasteiger partial charge < -0.3 is 10.5 Å². The molecule has 0 bridgehead atoms. The first kappa shape index (κ1) is 11.8. The molecule has 0 amide bonds. The SMILES string of the molecule is C[C@@H](N)c1cccnc1OCC(F)(F)F. The van der Waals surface area contributed by atoms with Crippen LogP contribution in [0.3, 0.4) is 0 Å². The first-order chi connectivity index (χ1) is 6.90. The Balaban J connectivity index is 2.76. The van der Waals surface area contributed by atoms with E-state index < -0.39 is 18.8 Å². The minimum atomic E-state index is -4.37. The second kappa shape index (κ2) is 4.48. The number of alkyl halides is 3. The number of pyridine rings is 1. The van der Waals surface area contributed by atoms with E-state index in [4.69, 9.17) is 5.73 Å². The molecule has 2 N–H and O–H groups in total. The standard InChI is InChI=1S/C9H11F3N2O/c1-6(13)7-3-2-4-14-8(7)15-5-9(10,11)12/h2-4,6H,5,13H2,1H3/t6-/m1/s1. The fraction of sp³-hybridized carbons (Fsp3) is 0.444. The highest BCUT2D eigenvalue weighted by molar-refractivity contribution is 5.28. The number of rotatable bonds is 3. The molecular formula is C9H11F3N2O. The number of hydrogen-bond donors (Lipinski definition) is 1. The largest absolute Gasteiger partial charge is 0.468 e. The monoisotopic (exact) mass is 220 g/mol. The van der Waals surface area contributed by atoms with Crippen molar-refractivity contribution in [3.63, 3.8) is 0 Å². The molecule has 1 atom stereocenters. The minimum absolute atomic E-state index is 0.0650. The van der Waals surface area contributed by atoms with Gasteiger partial charge in [0.05, 0.1) is 0 Å². The summed E-state index contributed by atoms with van der Waals surface area (Å²) >= 11 is 0. The van der Waals surface area contributed by atoms with Crippen molar-refractivity contribution in [1.82, 2.24) is 4.98 Å². The van der Waals surface area contributed by atoms with Crippen LogP contribution in [-0.4, -0.2) is 17.8 Å². The van der Waals surface area contributed by atoms with Crippen LogP contribution >= 0.6 is 0 Å². The fourth-order valence-corrected chi connectivity index (χ4v) is 1.02. The van der Waals surface area contributed by atoms with E-state index in [-0.39, 0.29) is 5.88 Å². The van der Waals surface area contributed by atoms with E-state index in [0.717, 1.165) is 0 Å². The molecule has 0 radical (unpaired) electrons. The predicted octanol–water partition coefficient (Wildman–Crippen LogP) is 2.04. The number of aromatic nitrogens is 1. The molecule has 0 aliphatic rings. The van der Waals surface area contributed by atoms with Gasteiger partial charge in [0.1, 0.15) is 0 Å². The molecule has 0 aliphatic carbocycles. The summed E-state index contributed by atoms with van der Waals surface area (Å²) in [5.74, 6) is -0.0650. The molecule has 0 aliphatic heterocycles. The molecule has 1 aromatic heterocycles. The van der Waals surface area contributed by atoms with Gasteiger partial charge in [0, 0.05) is 17.8 Å². The molecule has 0 saturated carbocycles. The number of halogens is 3. The Bertz CT molecular complexity index is 325. The summed E-state index contributed by atoms with van der Waals surface area (Å²) in [6.45, 7) is 0.293. The van der Waals surface area contributed by atoms with Crippen LogP contribution in [0.1, 0.15) is 18.5 Å². The zero-order valence-electron chi connectivity index (χ0n) is 8.08. The molecule has 0 unspecified atom stereocenters. The lowest BCUT2D eigenvalue weighted by atomic mass is 10.1. The predicted molar refractivity (Wildman–Crippen MR) is 48.4 cm³/mol. The van der Waals surface area contributed by atoms with Crippen molar-refractivity contribution < 1.29 is 17.9 Å². The van der Waals surface area contributed by atoms with Gasteiger partial charge in [-0.25, -0.2) is 4.98 Å². The Kier molecular flexibility index (Phi) is 3.52. The van der Waals surface area contributed by atoms with Gasteiger partial charge in [-0.1, -0.05) is 6.07 Å². The molecule has 6 heteroatoms. The van der Waals surface area contributed by atoms with Gasteiger partial charge >= 0.3 is 6.18 Å². The molecule has 1 heterocycles. The smallest absolute Gasteiger partial charge is 0.422 e. The van der Waals surface area contributed by atoms with E-state index in [9.17, 15) is 13.2 Å². The Morgan fingerprint density at radius 3 is 2.73 bits per heavy atom. The van der Waals surface area contributed by atoms with Crippen LogP contribution in [0.25, 0.3) is 0 Å². The lowest BCUT2D eigenvalue weighted by molar-refractivity contribution is -0.154. The average molecular weight is 220 g/mol. The van der Waals surface area contributed by atoms with Crippen molar-refractivity contribution in [1.29, 1.82) is 0 Å². The van der Waals surface area contributed by atoms with Crippen LogP contribution in [0.2, 0.25) is 0 Å². The highest BCUT2D eigenvalue weighted by Crippen LogP contribution is 2.23. The summed E-state index contributed by atoms with van der Waals surface area (Å²) in [6.07, 6.45) is -3.01. The van der Waals surface area contributed by atoms with E-state index in [0.29, 0.717) is 5.56 Å². The van der Waals surface area contributed by atoms with Crippen molar-refractivity contribution in [2.24, 2.45) is 5.73 Å². The van der Waals surface area contributed by atoms with Crippen LogP contribution in [0.5, 0.6) is 5.88 Å². The van der Waals surface area contributed by atoms with Crippen molar-refractivity contribution >= 4 is 0 Å². The Morgan fingerprint density at radius 2 is 2.20 bits per heavy atom. The van der Waals surface area contributed by atoms with Crippen LogP contribution in [-0.2, 0) is 0 Å². The minimum Gasteiger partial charge on any atom is -0.468 e. The lowest BCUT2D eigenvalue weighted by Gasteiger charge is -2.13. The normalized spacial score (nSPS) is 13.7. The second-order valence-corrected chi connectivity index (χ2v) is 3.09. The topological polar surface area (TPSA) is 48.1 Å². The molecule has 1 aromatic rings. The summed E-state index contributed by atoms with van der Waals surface area (Å²) in [4.78, 5) is 3.70. The quantitative estimate of drug-likeness (QED) is 0.847. The molecule has 0 spiro atoms. The molecule has 15 heavy (non-hydrogen) atoms. The first-order valence-electron chi connectivity index (χ1n) is 4.30. The average Bonchev–Trinajstić information content (AvgIpc) is 2.14. The van der Waals surface area contributed by atoms with Crippen molar-refractivity contribution in [2.45, 2.75) is 19.1 Å². The van der Waals surface area contributed by atoms with E-state index >= 15 is 0 Å². The summed E-state index contributed by atoms with van der Waals surface area (Å²) in [6, 6.07) is 2.77. The third-order valence-corrected chi connectivity index (χ3v) is 1.66. The molecule has 0 aromatic carbocycles. The maximum atomic E-state index is 11.9. The van der Waals surface area contributed by atoms with Gasteiger partial charge in [0.2, 0.25) is 5.88 Å². The van der Waals surface area contributed by atoms with Gasteiger partial charge in [-0.05, 0) is 13.0 Å². The first-order valence-corrected chi connectivity index (χ1v) is 4.30. The molecular weight excluding hydrogens is 209 g/mol. The Labute approximate surface area is 85.1 Å². The van der Waals surface area contributed by atoms with Gasteiger partial charge in [-0.3, -0.25) is 0 Å². The number of ether oxygens (including phenoxy) is 1. The zero-order chi connectivity index (χ0) is 11.5. The molecule has 0 fully saturated rings. The zero-order valence-corrected chi connectivity index (χ0v) is 8.08. The van der Waals surface area contributed by atoms with Crippen LogP contribution in [0.15, 0.2) is 18.3 Å². The van der Waals surface area contributed by atoms with Crippen molar-refractivity contribution in [3.8, 4) is 5.88 Å². The van der Waals surface area contributed by atoms with Crippen molar-refractivity contribution in [3.05, 3.63) is 23.9 Å². The third kappa shape index (κ3) is 3.75. The second-order valence-electron chi connectivity index (χ2n) is 3.09. The van der Waals surface area contributed by atoms with Gasteiger partial charge in [-0.2, -0.15) is 13.2 Å². The Morgan fingerprint density at radius 1 is 1.53 bits per heavy atom. The van der Waals surface area contributed by atoms with E-state index in [2.05, 4.69) is 9.72 Å². The molecule has 84 valence electrons. The van der Waals surface area contributed by atoms with E-state index in [1.807, 2.05) is 0 Å². The number of hydrogen-bond acceptors (Lipinski definition) is 3. The molecule has 0 saturated heterocycles. The highest BCUT2D eigenvalue weighted by atomic mass is 19.4. The van der Waals surface area contributed by atoms with Crippen molar-refractivity contribution in [2.75, 3.05) is 6.61 Å². The summed E-state index contributed by atoms with van der Waals surface area (Å²) in [7, 11) is 0. The number of nitrogens with two attached hydrogens (primary N) is 1. The maximum Gasteiger partial charge on any atom is 0.422 e. The fourth-order valence-electron chi connectivity index (χ4n) is 1.02. The van der Waals surface area contributed by atoms with Gasteiger partial charge in [-0.15, -0.1) is 0 Å². The molecule has 1 rings (SSSR count). The third-order valence-electron chi connectivity index (χ3n) is 1.66. The summed E-state index contributed by atoms with van der Waals surface area (Å²) < 4.78 is 40.2. The van der Waals surface area contributed by atoms with Gasteiger partial charge in [0.15, 0.2) is 6.61 Å². The van der Waals surface area contributed by atoms with E-state index in [1.165, 1.54) is 6.20 Å². The van der Waals surface area contributed by atoms with Crippen LogP contribution < -0.4 is 10.5 Å². The van der Waals surface area contributed by atoms with E-state index in [1.54, 1.807) is 19.1 Å².